The summed E-state index contributed by atoms with van der Waals surface area (Å²) in [5.74, 6) is -1.05. The van der Waals surface area contributed by atoms with Crippen LogP contribution >= 0.6 is 0 Å². The Morgan fingerprint density at radius 3 is 2.62 bits per heavy atom. The van der Waals surface area contributed by atoms with Gasteiger partial charge in [-0.1, -0.05) is 0 Å². The fourth-order valence-electron chi connectivity index (χ4n) is 1.12. The number of aliphatic hydroxyl groups excluding tert-OH is 2. The van der Waals surface area contributed by atoms with Crippen LogP contribution in [0.25, 0.3) is 0 Å². The summed E-state index contributed by atoms with van der Waals surface area (Å²) < 4.78 is 5.05. The minimum atomic E-state index is -1.05. The minimum Gasteiger partial charge on any atom is -0.478 e. The number of carboxylic acids is 1. The van der Waals surface area contributed by atoms with E-state index in [1.165, 1.54) is 6.08 Å². The molecule has 1 aliphatic rings. The zero-order valence-electron chi connectivity index (χ0n) is 6.96. The molecule has 3 atom stereocenters. The molecule has 0 aliphatic carbocycles. The van der Waals surface area contributed by atoms with E-state index in [1.54, 1.807) is 0 Å². The summed E-state index contributed by atoms with van der Waals surface area (Å²) in [5.41, 5.74) is 0. The van der Waals surface area contributed by atoms with Gasteiger partial charge in [0.05, 0.1) is 18.8 Å². The molecule has 1 rings (SSSR count). The van der Waals surface area contributed by atoms with E-state index < -0.39 is 24.3 Å². The third kappa shape index (κ3) is 3.14. The lowest BCUT2D eigenvalue weighted by Crippen LogP contribution is -2.40. The van der Waals surface area contributed by atoms with Crippen molar-refractivity contribution in [2.45, 2.75) is 24.7 Å². The van der Waals surface area contributed by atoms with Gasteiger partial charge < -0.3 is 20.1 Å². The molecule has 1 fully saturated rings. The molecule has 3 unspecified atom stereocenters. The van der Waals surface area contributed by atoms with Crippen LogP contribution in [0.5, 0.6) is 0 Å². The Balaban J connectivity index is 2.42. The Morgan fingerprint density at radius 2 is 2.08 bits per heavy atom. The molecular formula is C8H12O5. The number of carboxylic acid groups (broad SMARTS) is 1. The molecule has 5 heteroatoms. The number of ether oxygens (including phenoxy) is 1. The van der Waals surface area contributed by atoms with Gasteiger partial charge in [-0.15, -0.1) is 0 Å². The van der Waals surface area contributed by atoms with Crippen LogP contribution in [-0.4, -0.2) is 46.2 Å². The number of hydrogen-bond donors (Lipinski definition) is 3. The van der Waals surface area contributed by atoms with Crippen molar-refractivity contribution >= 4 is 5.97 Å². The fraction of sp³-hybridized carbons (Fsp3) is 0.625. The van der Waals surface area contributed by atoms with Crippen LogP contribution < -0.4 is 0 Å². The van der Waals surface area contributed by atoms with E-state index >= 15 is 0 Å². The third-order valence-electron chi connectivity index (χ3n) is 1.85. The molecule has 3 N–H and O–H groups in total. The molecule has 0 amide bonds. The average molecular weight is 188 g/mol. The van der Waals surface area contributed by atoms with Crippen LogP contribution in [0.4, 0.5) is 0 Å². The predicted octanol–water partition coefficient (Wildman–Crippen LogP) is -0.862. The van der Waals surface area contributed by atoms with Crippen LogP contribution in [0.15, 0.2) is 12.2 Å². The van der Waals surface area contributed by atoms with E-state index in [9.17, 15) is 9.90 Å². The molecule has 74 valence electrons. The van der Waals surface area contributed by atoms with Gasteiger partial charge in [0.15, 0.2) is 0 Å². The van der Waals surface area contributed by atoms with Gasteiger partial charge in [0.1, 0.15) is 6.10 Å². The van der Waals surface area contributed by atoms with E-state index in [2.05, 4.69) is 0 Å². The monoisotopic (exact) mass is 188 g/mol. The molecule has 0 aromatic heterocycles. The number of hydrogen-bond acceptors (Lipinski definition) is 4. The molecule has 0 saturated carbocycles. The van der Waals surface area contributed by atoms with Gasteiger partial charge in [0.2, 0.25) is 0 Å². The smallest absolute Gasteiger partial charge is 0.328 e. The zero-order chi connectivity index (χ0) is 9.84. The van der Waals surface area contributed by atoms with E-state index in [4.69, 9.17) is 14.9 Å². The quantitative estimate of drug-likeness (QED) is 0.491. The highest BCUT2D eigenvalue weighted by atomic mass is 16.5. The van der Waals surface area contributed by atoms with Crippen molar-refractivity contribution in [2.75, 3.05) is 6.61 Å². The molecular weight excluding hydrogens is 176 g/mol. The molecule has 1 heterocycles. The summed E-state index contributed by atoms with van der Waals surface area (Å²) in [7, 11) is 0. The van der Waals surface area contributed by atoms with Crippen molar-refractivity contribution in [2.24, 2.45) is 0 Å². The summed E-state index contributed by atoms with van der Waals surface area (Å²) in [4.78, 5) is 10.1. The highest BCUT2D eigenvalue weighted by molar-refractivity contribution is 5.79. The van der Waals surface area contributed by atoms with Gasteiger partial charge in [-0.2, -0.15) is 0 Å². The lowest BCUT2D eigenvalue weighted by molar-refractivity contribution is -0.131. The number of aliphatic hydroxyl groups is 2. The van der Waals surface area contributed by atoms with Crippen molar-refractivity contribution in [1.82, 2.24) is 0 Å². The molecule has 5 nitrogen and oxygen atoms in total. The Bertz CT molecular complexity index is 213. The fourth-order valence-corrected chi connectivity index (χ4v) is 1.12. The SMILES string of the molecule is O=C(O)/C=C/C1CC(O)C(O)CO1. The molecule has 1 aliphatic heterocycles. The molecule has 13 heavy (non-hydrogen) atoms. The lowest BCUT2D eigenvalue weighted by Gasteiger charge is -2.28. The second-order valence-corrected chi connectivity index (χ2v) is 2.94. The van der Waals surface area contributed by atoms with Crippen LogP contribution in [0.1, 0.15) is 6.42 Å². The maximum Gasteiger partial charge on any atom is 0.328 e. The summed E-state index contributed by atoms with van der Waals surface area (Å²) in [6, 6.07) is 0. The van der Waals surface area contributed by atoms with E-state index in [0.29, 0.717) is 0 Å². The molecule has 1 saturated heterocycles. The number of rotatable bonds is 2. The second-order valence-electron chi connectivity index (χ2n) is 2.94. The van der Waals surface area contributed by atoms with Crippen molar-refractivity contribution in [3.05, 3.63) is 12.2 Å². The van der Waals surface area contributed by atoms with Crippen LogP contribution in [0.3, 0.4) is 0 Å². The van der Waals surface area contributed by atoms with Crippen LogP contribution in [0.2, 0.25) is 0 Å². The number of carbonyl (C=O) groups is 1. The largest absolute Gasteiger partial charge is 0.478 e. The maximum absolute atomic E-state index is 10.1. The van der Waals surface area contributed by atoms with E-state index in [-0.39, 0.29) is 13.0 Å². The third-order valence-corrected chi connectivity index (χ3v) is 1.85. The van der Waals surface area contributed by atoms with Gasteiger partial charge in [-0.25, -0.2) is 4.79 Å². The molecule has 0 aromatic carbocycles. The maximum atomic E-state index is 10.1. The highest BCUT2D eigenvalue weighted by Gasteiger charge is 2.26. The summed E-state index contributed by atoms with van der Waals surface area (Å²) in [6.45, 7) is 0.0375. The Kier molecular flexibility index (Phi) is 3.41. The standard InChI is InChI=1S/C8H12O5/c9-6-3-5(1-2-8(11)12)13-4-7(6)10/h1-2,5-7,9-10H,3-4H2,(H,11,12)/b2-1+. The first-order chi connectivity index (χ1) is 6.09. The summed E-state index contributed by atoms with van der Waals surface area (Å²) in [6.07, 6.45) is 0.429. The first-order valence-corrected chi connectivity index (χ1v) is 3.98. The highest BCUT2D eigenvalue weighted by Crippen LogP contribution is 2.15. The molecule has 0 aromatic rings. The average Bonchev–Trinajstić information content (AvgIpc) is 2.07. The second kappa shape index (κ2) is 4.36. The van der Waals surface area contributed by atoms with Gasteiger partial charge in [0.25, 0.3) is 0 Å². The van der Waals surface area contributed by atoms with Crippen molar-refractivity contribution in [3.8, 4) is 0 Å². The van der Waals surface area contributed by atoms with Gasteiger partial charge >= 0.3 is 5.97 Å². The minimum absolute atomic E-state index is 0.0375. The van der Waals surface area contributed by atoms with Gasteiger partial charge in [-0.3, -0.25) is 0 Å². The molecule has 0 spiro atoms. The van der Waals surface area contributed by atoms with Crippen molar-refractivity contribution in [1.29, 1.82) is 0 Å². The van der Waals surface area contributed by atoms with Gasteiger partial charge in [-0.05, 0) is 6.08 Å². The number of aliphatic carboxylic acids is 1. The van der Waals surface area contributed by atoms with Crippen molar-refractivity contribution in [3.63, 3.8) is 0 Å². The van der Waals surface area contributed by atoms with E-state index in [0.717, 1.165) is 6.08 Å². The summed E-state index contributed by atoms with van der Waals surface area (Å²) in [5, 5.41) is 26.6. The van der Waals surface area contributed by atoms with E-state index in [1.807, 2.05) is 0 Å². The Morgan fingerprint density at radius 1 is 1.38 bits per heavy atom. The van der Waals surface area contributed by atoms with Gasteiger partial charge in [0, 0.05) is 12.5 Å². The zero-order valence-corrected chi connectivity index (χ0v) is 6.96. The molecule has 0 radical (unpaired) electrons. The first-order valence-electron chi connectivity index (χ1n) is 3.98. The normalized spacial score (nSPS) is 35.1. The summed E-state index contributed by atoms with van der Waals surface area (Å²) >= 11 is 0. The van der Waals surface area contributed by atoms with Crippen LogP contribution in [0, 0.1) is 0 Å². The molecule has 0 bridgehead atoms. The lowest BCUT2D eigenvalue weighted by atomic mass is 10.0. The predicted molar refractivity (Wildman–Crippen MR) is 43.1 cm³/mol. The Labute approximate surface area is 75.3 Å². The topological polar surface area (TPSA) is 87.0 Å². The first kappa shape index (κ1) is 10.2. The Hall–Kier alpha value is -0.910. The van der Waals surface area contributed by atoms with Crippen molar-refractivity contribution < 1.29 is 24.9 Å². The van der Waals surface area contributed by atoms with Crippen LogP contribution in [-0.2, 0) is 9.53 Å².